The smallest absolute Gasteiger partial charge is 0.257 e. The van der Waals surface area contributed by atoms with Crippen LogP contribution in [0, 0.1) is 5.92 Å². The van der Waals surface area contributed by atoms with Crippen LogP contribution < -0.4 is 10.2 Å². The van der Waals surface area contributed by atoms with Gasteiger partial charge in [0.05, 0.1) is 23.5 Å². The molecule has 2 aliphatic heterocycles. The van der Waals surface area contributed by atoms with E-state index >= 15 is 0 Å². The van der Waals surface area contributed by atoms with E-state index in [4.69, 9.17) is 0 Å². The van der Waals surface area contributed by atoms with Crippen molar-refractivity contribution in [2.75, 3.05) is 42.9 Å². The molecule has 2 aromatic rings. The Morgan fingerprint density at radius 1 is 1.08 bits per heavy atom. The van der Waals surface area contributed by atoms with Gasteiger partial charge in [0.1, 0.15) is 0 Å². The molecule has 0 spiro atoms. The molecule has 3 amide bonds. The standard InChI is InChI=1S/C29H39N5O3/c1-3-5-14-26(35)33(4-2)18-9-10-22-15-19-32(20-16-22)21-27(36)34-25-13-7-6-11-23(25)29(37)31-24-12-8-17-30-28(24)34/h6-8,11-13,17,22H,3-5,9-10,14-16,18-21H2,1-2H3,(H,31,37). The zero-order valence-corrected chi connectivity index (χ0v) is 22.1. The molecule has 0 atom stereocenters. The molecule has 0 aliphatic carbocycles. The summed E-state index contributed by atoms with van der Waals surface area (Å²) in [5, 5.41) is 2.89. The molecule has 1 aromatic heterocycles. The lowest BCUT2D eigenvalue weighted by atomic mass is 9.92. The number of piperidine rings is 1. The van der Waals surface area contributed by atoms with Crippen LogP contribution in [-0.2, 0) is 9.59 Å². The third-order valence-corrected chi connectivity index (χ3v) is 7.47. The Bertz CT molecular complexity index is 1100. The number of carbonyl (C=O) groups excluding carboxylic acids is 3. The van der Waals surface area contributed by atoms with Crippen molar-refractivity contribution >= 4 is 34.9 Å². The molecule has 0 radical (unpaired) electrons. The Balaban J connectivity index is 1.32. The van der Waals surface area contributed by atoms with E-state index in [2.05, 4.69) is 29.0 Å². The fraction of sp³-hybridized carbons (Fsp3) is 0.517. The summed E-state index contributed by atoms with van der Waals surface area (Å²) in [4.78, 5) is 49.0. The number of rotatable bonds is 10. The molecular weight excluding hydrogens is 466 g/mol. The van der Waals surface area contributed by atoms with E-state index in [0.29, 0.717) is 35.1 Å². The molecule has 8 heteroatoms. The predicted octanol–water partition coefficient (Wildman–Crippen LogP) is 4.84. The van der Waals surface area contributed by atoms with Crippen LogP contribution in [0.15, 0.2) is 42.6 Å². The fourth-order valence-electron chi connectivity index (χ4n) is 5.30. The number of para-hydroxylation sites is 1. The predicted molar refractivity (Wildman–Crippen MR) is 146 cm³/mol. The molecule has 2 aliphatic rings. The summed E-state index contributed by atoms with van der Waals surface area (Å²) >= 11 is 0. The van der Waals surface area contributed by atoms with Crippen LogP contribution >= 0.6 is 0 Å². The quantitative estimate of drug-likeness (QED) is 0.499. The maximum absolute atomic E-state index is 13.6. The molecule has 3 heterocycles. The lowest BCUT2D eigenvalue weighted by Crippen LogP contribution is -2.42. The van der Waals surface area contributed by atoms with E-state index in [0.717, 1.165) is 64.7 Å². The molecule has 8 nitrogen and oxygen atoms in total. The number of benzene rings is 1. The van der Waals surface area contributed by atoms with Gasteiger partial charge in [0, 0.05) is 25.7 Å². The van der Waals surface area contributed by atoms with Crippen molar-refractivity contribution in [2.45, 2.75) is 58.8 Å². The number of hydrogen-bond donors (Lipinski definition) is 1. The second-order valence-electron chi connectivity index (χ2n) is 10.0. The zero-order valence-electron chi connectivity index (χ0n) is 22.1. The van der Waals surface area contributed by atoms with Crippen molar-refractivity contribution in [1.29, 1.82) is 0 Å². The summed E-state index contributed by atoms with van der Waals surface area (Å²) in [7, 11) is 0. The molecule has 1 aromatic carbocycles. The second-order valence-corrected chi connectivity index (χ2v) is 10.0. The number of fused-ring (bicyclic) bond motifs is 2. The lowest BCUT2D eigenvalue weighted by Gasteiger charge is -2.33. The van der Waals surface area contributed by atoms with Crippen molar-refractivity contribution in [1.82, 2.24) is 14.8 Å². The number of amides is 3. The number of nitrogens with one attached hydrogen (secondary N) is 1. The van der Waals surface area contributed by atoms with Crippen molar-refractivity contribution in [3.05, 3.63) is 48.2 Å². The minimum absolute atomic E-state index is 0.0912. The van der Waals surface area contributed by atoms with E-state index in [1.54, 1.807) is 41.4 Å². The Morgan fingerprint density at radius 2 is 1.86 bits per heavy atom. The number of pyridine rings is 1. The first-order valence-corrected chi connectivity index (χ1v) is 13.7. The van der Waals surface area contributed by atoms with Gasteiger partial charge >= 0.3 is 0 Å². The van der Waals surface area contributed by atoms with Gasteiger partial charge in [0.15, 0.2) is 5.82 Å². The minimum atomic E-state index is -0.241. The second kappa shape index (κ2) is 12.8. The minimum Gasteiger partial charge on any atom is -0.343 e. The van der Waals surface area contributed by atoms with E-state index in [9.17, 15) is 14.4 Å². The van der Waals surface area contributed by atoms with Crippen LogP contribution in [0.3, 0.4) is 0 Å². The average molecular weight is 506 g/mol. The monoisotopic (exact) mass is 505 g/mol. The van der Waals surface area contributed by atoms with Crippen molar-refractivity contribution in [3.8, 4) is 0 Å². The van der Waals surface area contributed by atoms with Gasteiger partial charge in [-0.1, -0.05) is 25.5 Å². The third kappa shape index (κ3) is 6.55. The molecule has 1 saturated heterocycles. The Labute approximate surface area is 220 Å². The normalized spacial score (nSPS) is 15.9. The number of carbonyl (C=O) groups is 3. The topological polar surface area (TPSA) is 85.9 Å². The summed E-state index contributed by atoms with van der Waals surface area (Å²) in [6.45, 7) is 7.80. The van der Waals surface area contributed by atoms with Crippen molar-refractivity contribution in [2.24, 2.45) is 5.92 Å². The number of nitrogens with zero attached hydrogens (tertiary/aromatic N) is 4. The van der Waals surface area contributed by atoms with Gasteiger partial charge < -0.3 is 10.2 Å². The Hall–Kier alpha value is -3.26. The Kier molecular flexibility index (Phi) is 9.28. The first-order valence-electron chi connectivity index (χ1n) is 13.7. The van der Waals surface area contributed by atoms with Crippen LogP contribution in [0.4, 0.5) is 17.2 Å². The summed E-state index contributed by atoms with van der Waals surface area (Å²) in [6, 6.07) is 10.7. The van der Waals surface area contributed by atoms with E-state index in [1.807, 2.05) is 11.0 Å². The third-order valence-electron chi connectivity index (χ3n) is 7.47. The Morgan fingerprint density at radius 3 is 2.62 bits per heavy atom. The van der Waals surface area contributed by atoms with Crippen molar-refractivity contribution in [3.63, 3.8) is 0 Å². The van der Waals surface area contributed by atoms with Gasteiger partial charge in [-0.15, -0.1) is 0 Å². The van der Waals surface area contributed by atoms with Crippen LogP contribution in [-0.4, -0.2) is 65.2 Å². The van der Waals surface area contributed by atoms with Gasteiger partial charge in [0.2, 0.25) is 11.8 Å². The number of hydrogen-bond acceptors (Lipinski definition) is 5. The lowest BCUT2D eigenvalue weighted by molar-refractivity contribution is -0.131. The summed E-state index contributed by atoms with van der Waals surface area (Å²) < 4.78 is 0. The highest BCUT2D eigenvalue weighted by Crippen LogP contribution is 2.36. The molecule has 0 unspecified atom stereocenters. The molecule has 1 N–H and O–H groups in total. The van der Waals surface area contributed by atoms with Gasteiger partial charge in [-0.2, -0.15) is 0 Å². The fourth-order valence-corrected chi connectivity index (χ4v) is 5.30. The molecule has 0 saturated carbocycles. The molecule has 0 bridgehead atoms. The van der Waals surface area contributed by atoms with E-state index < -0.39 is 0 Å². The first-order chi connectivity index (χ1) is 18.0. The summed E-state index contributed by atoms with van der Waals surface area (Å²) in [6.07, 6.45) is 8.55. The van der Waals surface area contributed by atoms with Crippen LogP contribution in [0.5, 0.6) is 0 Å². The molecule has 4 rings (SSSR count). The highest BCUT2D eigenvalue weighted by atomic mass is 16.2. The van der Waals surface area contributed by atoms with Gasteiger partial charge in [0.25, 0.3) is 5.91 Å². The van der Waals surface area contributed by atoms with Crippen LogP contribution in [0.2, 0.25) is 0 Å². The maximum Gasteiger partial charge on any atom is 0.257 e. The van der Waals surface area contributed by atoms with Gasteiger partial charge in [-0.25, -0.2) is 4.98 Å². The number of anilines is 3. The summed E-state index contributed by atoms with van der Waals surface area (Å²) in [5.74, 6) is 1.02. The summed E-state index contributed by atoms with van der Waals surface area (Å²) in [5.41, 5.74) is 1.55. The molecule has 37 heavy (non-hydrogen) atoms. The van der Waals surface area contributed by atoms with Crippen molar-refractivity contribution < 1.29 is 14.4 Å². The van der Waals surface area contributed by atoms with E-state index in [-0.39, 0.29) is 24.3 Å². The van der Waals surface area contributed by atoms with Gasteiger partial charge in [-0.3, -0.25) is 24.2 Å². The highest BCUT2D eigenvalue weighted by Gasteiger charge is 2.31. The van der Waals surface area contributed by atoms with E-state index in [1.165, 1.54) is 0 Å². The highest BCUT2D eigenvalue weighted by molar-refractivity contribution is 6.17. The zero-order chi connectivity index (χ0) is 26.2. The molecule has 1 fully saturated rings. The van der Waals surface area contributed by atoms with Crippen LogP contribution in [0.1, 0.15) is 69.2 Å². The van der Waals surface area contributed by atoms with Gasteiger partial charge in [-0.05, 0) is 82.3 Å². The number of aromatic nitrogens is 1. The SMILES string of the molecule is CCCCC(=O)N(CC)CCCC1CCN(CC(=O)N2c3ccccc3C(=O)Nc3cccnc32)CC1. The average Bonchev–Trinajstić information content (AvgIpc) is 3.04. The number of likely N-dealkylation sites (tertiary alicyclic amines) is 1. The molecule has 198 valence electrons. The molecular formula is C29H39N5O3. The van der Waals surface area contributed by atoms with Crippen LogP contribution in [0.25, 0.3) is 0 Å². The first kappa shape index (κ1) is 26.8. The number of unbranched alkanes of at least 4 members (excludes halogenated alkanes) is 1. The largest absolute Gasteiger partial charge is 0.343 e. The maximum atomic E-state index is 13.6.